The lowest BCUT2D eigenvalue weighted by atomic mass is 10.1. The first-order valence-corrected chi connectivity index (χ1v) is 8.85. The standard InChI is InChI=1S/C18H15BrFN3O3/c19-12-2-1-3-13(17(12)20)23-18-11-6-15-16(7-14(11)21-9-22-18)26-10(4-5-24)8-25-15/h1-3,6-7,9-10,24H,4-5,8H2,(H,21,22,23). The molecule has 8 heteroatoms. The fraction of sp³-hybridized carbons (Fsp3) is 0.222. The Balaban J connectivity index is 1.72. The lowest BCUT2D eigenvalue weighted by Gasteiger charge is -2.26. The summed E-state index contributed by atoms with van der Waals surface area (Å²) in [7, 11) is 0. The van der Waals surface area contributed by atoms with E-state index in [0.29, 0.717) is 51.4 Å². The van der Waals surface area contributed by atoms with Gasteiger partial charge in [0.25, 0.3) is 0 Å². The zero-order valence-electron chi connectivity index (χ0n) is 13.6. The van der Waals surface area contributed by atoms with E-state index in [0.717, 1.165) is 0 Å². The van der Waals surface area contributed by atoms with Crippen LogP contribution in [0.4, 0.5) is 15.9 Å². The molecule has 0 radical (unpaired) electrons. The van der Waals surface area contributed by atoms with Crippen LogP contribution in [0.3, 0.4) is 0 Å². The molecule has 1 aromatic heterocycles. The van der Waals surface area contributed by atoms with Gasteiger partial charge in [-0.2, -0.15) is 0 Å². The summed E-state index contributed by atoms with van der Waals surface area (Å²) >= 11 is 3.17. The predicted molar refractivity (Wildman–Crippen MR) is 98.5 cm³/mol. The fourth-order valence-electron chi connectivity index (χ4n) is 2.78. The van der Waals surface area contributed by atoms with Crippen molar-refractivity contribution in [2.45, 2.75) is 12.5 Å². The maximum atomic E-state index is 14.3. The van der Waals surface area contributed by atoms with Crippen molar-refractivity contribution in [3.8, 4) is 11.5 Å². The molecule has 1 aliphatic heterocycles. The Morgan fingerprint density at radius 1 is 1.27 bits per heavy atom. The van der Waals surface area contributed by atoms with Crippen LogP contribution in [0.5, 0.6) is 11.5 Å². The maximum Gasteiger partial charge on any atom is 0.163 e. The molecule has 2 N–H and O–H groups in total. The Kier molecular flexibility index (Phi) is 4.60. The summed E-state index contributed by atoms with van der Waals surface area (Å²) in [5, 5.41) is 12.8. The Morgan fingerprint density at radius 3 is 3.00 bits per heavy atom. The maximum absolute atomic E-state index is 14.3. The lowest BCUT2D eigenvalue weighted by molar-refractivity contribution is 0.0707. The molecular weight excluding hydrogens is 405 g/mol. The third kappa shape index (κ3) is 3.17. The molecule has 2 heterocycles. The van der Waals surface area contributed by atoms with E-state index in [1.54, 1.807) is 30.3 Å². The predicted octanol–water partition coefficient (Wildman–Crippen LogP) is 3.80. The SMILES string of the molecule is OCCC1COc2cc3c(Nc4cccc(Br)c4F)ncnc3cc2O1. The zero-order valence-corrected chi connectivity index (χ0v) is 15.2. The number of benzene rings is 2. The number of hydrogen-bond donors (Lipinski definition) is 2. The van der Waals surface area contributed by atoms with Crippen molar-refractivity contribution >= 4 is 38.3 Å². The quantitative estimate of drug-likeness (QED) is 0.669. The number of aliphatic hydroxyl groups excluding tert-OH is 1. The van der Waals surface area contributed by atoms with Crippen LogP contribution in [0, 0.1) is 5.82 Å². The molecule has 0 amide bonds. The lowest BCUT2D eigenvalue weighted by Crippen LogP contribution is -2.29. The topological polar surface area (TPSA) is 76.5 Å². The third-order valence-electron chi connectivity index (χ3n) is 4.07. The molecule has 2 aromatic carbocycles. The molecule has 6 nitrogen and oxygen atoms in total. The fourth-order valence-corrected chi connectivity index (χ4v) is 3.15. The van der Waals surface area contributed by atoms with E-state index >= 15 is 0 Å². The monoisotopic (exact) mass is 419 g/mol. The van der Waals surface area contributed by atoms with Gasteiger partial charge in [0.15, 0.2) is 17.3 Å². The second-order valence-corrected chi connectivity index (χ2v) is 6.68. The molecule has 0 aliphatic carbocycles. The molecule has 26 heavy (non-hydrogen) atoms. The van der Waals surface area contributed by atoms with Crippen LogP contribution in [0.15, 0.2) is 41.1 Å². The number of anilines is 2. The number of hydrogen-bond acceptors (Lipinski definition) is 6. The second kappa shape index (κ2) is 7.05. The van der Waals surface area contributed by atoms with Gasteiger partial charge in [0.05, 0.1) is 15.7 Å². The van der Waals surface area contributed by atoms with Gasteiger partial charge >= 0.3 is 0 Å². The molecule has 0 saturated heterocycles. The van der Waals surface area contributed by atoms with Crippen molar-refractivity contribution in [1.29, 1.82) is 0 Å². The van der Waals surface area contributed by atoms with Crippen molar-refractivity contribution in [2.75, 3.05) is 18.5 Å². The summed E-state index contributed by atoms with van der Waals surface area (Å²) in [5.41, 5.74) is 0.946. The first kappa shape index (κ1) is 17.0. The van der Waals surface area contributed by atoms with Crippen molar-refractivity contribution in [1.82, 2.24) is 9.97 Å². The molecule has 4 rings (SSSR count). The van der Waals surface area contributed by atoms with Crippen molar-refractivity contribution in [3.05, 3.63) is 46.9 Å². The molecule has 134 valence electrons. The molecule has 3 aromatic rings. The minimum absolute atomic E-state index is 0.0331. The van der Waals surface area contributed by atoms with Gasteiger partial charge < -0.3 is 19.9 Å². The van der Waals surface area contributed by atoms with E-state index in [-0.39, 0.29) is 12.7 Å². The summed E-state index contributed by atoms with van der Waals surface area (Å²) < 4.78 is 26.2. The smallest absolute Gasteiger partial charge is 0.163 e. The Morgan fingerprint density at radius 2 is 2.15 bits per heavy atom. The number of ether oxygens (including phenoxy) is 2. The molecule has 1 unspecified atom stereocenters. The Labute approximate surface area is 157 Å². The van der Waals surface area contributed by atoms with E-state index < -0.39 is 5.82 Å². The van der Waals surface area contributed by atoms with Gasteiger partial charge in [-0.1, -0.05) is 6.07 Å². The summed E-state index contributed by atoms with van der Waals surface area (Å²) in [6.45, 7) is 0.390. The van der Waals surface area contributed by atoms with Crippen LogP contribution in [0.1, 0.15) is 6.42 Å². The summed E-state index contributed by atoms with van der Waals surface area (Å²) in [5.74, 6) is 1.21. The normalized spacial score (nSPS) is 15.9. The minimum Gasteiger partial charge on any atom is -0.486 e. The van der Waals surface area contributed by atoms with Gasteiger partial charge in [0.1, 0.15) is 24.9 Å². The summed E-state index contributed by atoms with van der Waals surface area (Å²) in [6, 6.07) is 8.53. The molecule has 0 bridgehead atoms. The number of nitrogens with one attached hydrogen (secondary N) is 1. The average Bonchev–Trinajstić information content (AvgIpc) is 2.64. The molecular formula is C18H15BrFN3O3. The van der Waals surface area contributed by atoms with Gasteiger partial charge in [0, 0.05) is 24.5 Å². The summed E-state index contributed by atoms with van der Waals surface area (Å²) in [4.78, 5) is 8.50. The van der Waals surface area contributed by atoms with Gasteiger partial charge in [-0.3, -0.25) is 0 Å². The van der Waals surface area contributed by atoms with E-state index in [4.69, 9.17) is 14.6 Å². The first-order valence-electron chi connectivity index (χ1n) is 8.06. The van der Waals surface area contributed by atoms with Crippen LogP contribution in [-0.2, 0) is 0 Å². The Bertz CT molecular complexity index is 970. The van der Waals surface area contributed by atoms with Crippen LogP contribution >= 0.6 is 15.9 Å². The van der Waals surface area contributed by atoms with Crippen LogP contribution in [0.25, 0.3) is 10.9 Å². The van der Waals surface area contributed by atoms with E-state index in [1.807, 2.05) is 0 Å². The largest absolute Gasteiger partial charge is 0.486 e. The zero-order chi connectivity index (χ0) is 18.1. The van der Waals surface area contributed by atoms with Gasteiger partial charge in [-0.15, -0.1) is 0 Å². The molecule has 0 fully saturated rings. The highest BCUT2D eigenvalue weighted by Crippen LogP contribution is 2.38. The number of aliphatic hydroxyl groups is 1. The number of aromatic nitrogens is 2. The number of fused-ring (bicyclic) bond motifs is 2. The molecule has 1 aliphatic rings. The first-order chi connectivity index (χ1) is 12.7. The van der Waals surface area contributed by atoms with Crippen LogP contribution in [0.2, 0.25) is 0 Å². The molecule has 0 saturated carbocycles. The van der Waals surface area contributed by atoms with Crippen molar-refractivity contribution < 1.29 is 19.0 Å². The average molecular weight is 420 g/mol. The van der Waals surface area contributed by atoms with Crippen molar-refractivity contribution in [3.63, 3.8) is 0 Å². The second-order valence-electron chi connectivity index (χ2n) is 5.83. The third-order valence-corrected chi connectivity index (χ3v) is 4.69. The van der Waals surface area contributed by atoms with Gasteiger partial charge in [-0.25, -0.2) is 14.4 Å². The number of nitrogens with zero attached hydrogens (tertiary/aromatic N) is 2. The van der Waals surface area contributed by atoms with Gasteiger partial charge in [0.2, 0.25) is 0 Å². The number of halogens is 2. The highest BCUT2D eigenvalue weighted by atomic mass is 79.9. The van der Waals surface area contributed by atoms with Crippen LogP contribution in [-0.4, -0.2) is 34.4 Å². The highest BCUT2D eigenvalue weighted by Gasteiger charge is 2.22. The Hall–Kier alpha value is -2.45. The van der Waals surface area contributed by atoms with Crippen molar-refractivity contribution in [2.24, 2.45) is 0 Å². The van der Waals surface area contributed by atoms with E-state index in [1.165, 1.54) is 6.33 Å². The number of rotatable bonds is 4. The minimum atomic E-state index is -0.399. The van der Waals surface area contributed by atoms with Crippen LogP contribution < -0.4 is 14.8 Å². The highest BCUT2D eigenvalue weighted by molar-refractivity contribution is 9.10. The van der Waals surface area contributed by atoms with E-state index in [9.17, 15) is 4.39 Å². The summed E-state index contributed by atoms with van der Waals surface area (Å²) in [6.07, 6.45) is 1.71. The molecule has 0 spiro atoms. The van der Waals surface area contributed by atoms with Gasteiger partial charge in [-0.05, 0) is 34.1 Å². The van der Waals surface area contributed by atoms with E-state index in [2.05, 4.69) is 31.2 Å². The molecule has 1 atom stereocenters.